The SMILES string of the molecule is C[C@]12CC[C@@H]3c4ccc(C(F)(F)C5N=NN=N5)cc4CC[C@H]3[C@@H]1CCC2=O. The van der Waals surface area contributed by atoms with Gasteiger partial charge < -0.3 is 0 Å². The van der Waals surface area contributed by atoms with Crippen molar-refractivity contribution < 1.29 is 13.6 Å². The van der Waals surface area contributed by atoms with E-state index in [2.05, 4.69) is 27.6 Å². The molecule has 5 rings (SSSR count). The number of alkyl halides is 2. The van der Waals surface area contributed by atoms with E-state index in [-0.39, 0.29) is 11.0 Å². The van der Waals surface area contributed by atoms with Gasteiger partial charge in [-0.3, -0.25) is 4.79 Å². The molecule has 27 heavy (non-hydrogen) atoms. The highest BCUT2D eigenvalue weighted by Gasteiger charge is 2.54. The summed E-state index contributed by atoms with van der Waals surface area (Å²) >= 11 is 0. The Morgan fingerprint density at radius 3 is 2.67 bits per heavy atom. The molecule has 1 heterocycles. The Hall–Kier alpha value is -2.05. The molecule has 0 amide bonds. The predicted octanol–water partition coefficient (Wildman–Crippen LogP) is 5.36. The molecule has 0 radical (unpaired) electrons. The Labute approximate surface area is 156 Å². The summed E-state index contributed by atoms with van der Waals surface area (Å²) in [6.07, 6.45) is 3.77. The number of rotatable bonds is 2. The van der Waals surface area contributed by atoms with Gasteiger partial charge in [0.05, 0.1) is 0 Å². The van der Waals surface area contributed by atoms with Gasteiger partial charge in [-0.2, -0.15) is 8.78 Å². The van der Waals surface area contributed by atoms with Crippen LogP contribution in [-0.2, 0) is 17.1 Å². The average molecular weight is 372 g/mol. The van der Waals surface area contributed by atoms with Gasteiger partial charge in [0.2, 0.25) is 0 Å². The first-order valence-electron chi connectivity index (χ1n) is 9.75. The van der Waals surface area contributed by atoms with Crippen LogP contribution in [0.2, 0.25) is 0 Å². The van der Waals surface area contributed by atoms with Crippen LogP contribution >= 0.6 is 0 Å². The fourth-order valence-corrected chi connectivity index (χ4v) is 6.02. The van der Waals surface area contributed by atoms with Crippen molar-refractivity contribution in [3.8, 4) is 0 Å². The number of carbonyl (C=O) groups excluding carboxylic acids is 1. The first kappa shape index (κ1) is 17.1. The number of aryl methyl sites for hydroxylation is 1. The van der Waals surface area contributed by atoms with Crippen LogP contribution in [0.3, 0.4) is 0 Å². The molecule has 4 aliphatic rings. The minimum Gasteiger partial charge on any atom is -0.299 e. The number of nitrogens with zero attached hydrogens (tertiary/aromatic N) is 4. The third kappa shape index (κ3) is 2.36. The summed E-state index contributed by atoms with van der Waals surface area (Å²) < 4.78 is 29.4. The lowest BCUT2D eigenvalue weighted by Crippen LogP contribution is -2.42. The van der Waals surface area contributed by atoms with Crippen LogP contribution in [-0.4, -0.2) is 11.9 Å². The van der Waals surface area contributed by atoms with Gasteiger partial charge in [0.15, 0.2) is 0 Å². The fraction of sp³-hybridized carbons (Fsp3) is 0.650. The van der Waals surface area contributed by atoms with E-state index >= 15 is 0 Å². The molecule has 4 atom stereocenters. The number of fused-ring (bicyclic) bond motifs is 5. The second-order valence-electron chi connectivity index (χ2n) is 8.65. The van der Waals surface area contributed by atoms with Crippen molar-refractivity contribution in [1.29, 1.82) is 0 Å². The summed E-state index contributed by atoms with van der Waals surface area (Å²) in [7, 11) is 0. The maximum atomic E-state index is 14.7. The van der Waals surface area contributed by atoms with Crippen molar-refractivity contribution in [1.82, 2.24) is 0 Å². The van der Waals surface area contributed by atoms with Crippen LogP contribution in [0.1, 0.15) is 61.6 Å². The fourth-order valence-electron chi connectivity index (χ4n) is 6.02. The number of ketones is 1. The van der Waals surface area contributed by atoms with Crippen LogP contribution in [0.25, 0.3) is 0 Å². The molecule has 2 fully saturated rings. The molecule has 0 saturated heterocycles. The van der Waals surface area contributed by atoms with Crippen molar-refractivity contribution in [3.63, 3.8) is 0 Å². The zero-order chi connectivity index (χ0) is 18.8. The molecule has 0 spiro atoms. The van der Waals surface area contributed by atoms with Crippen molar-refractivity contribution in [2.45, 2.75) is 63.5 Å². The summed E-state index contributed by atoms with van der Waals surface area (Å²) in [6, 6.07) is 5.01. The van der Waals surface area contributed by atoms with Gasteiger partial charge in [0.25, 0.3) is 6.17 Å². The molecule has 0 N–H and O–H groups in total. The Morgan fingerprint density at radius 2 is 1.89 bits per heavy atom. The van der Waals surface area contributed by atoms with E-state index in [4.69, 9.17) is 0 Å². The summed E-state index contributed by atoms with van der Waals surface area (Å²) in [6.45, 7) is 2.15. The standard InChI is InChI=1S/C20H22F2N4O/c1-19-9-8-14-13-5-3-12(20(21,22)18-23-25-26-24-18)10-11(13)2-4-15(14)16(19)6-7-17(19)27/h3,5,10,14-16,18H,2,4,6-9H2,1H3/t14-,15-,16+,19+/m1/s1. The molecule has 1 aliphatic heterocycles. The topological polar surface area (TPSA) is 66.5 Å². The highest BCUT2D eigenvalue weighted by molar-refractivity contribution is 5.87. The van der Waals surface area contributed by atoms with E-state index in [0.29, 0.717) is 30.0 Å². The predicted molar refractivity (Wildman–Crippen MR) is 93.5 cm³/mol. The Balaban J connectivity index is 1.46. The van der Waals surface area contributed by atoms with Gasteiger partial charge >= 0.3 is 5.92 Å². The van der Waals surface area contributed by atoms with Crippen molar-refractivity contribution in [2.24, 2.45) is 37.9 Å². The molecule has 5 nitrogen and oxygen atoms in total. The van der Waals surface area contributed by atoms with Gasteiger partial charge in [-0.05, 0) is 77.5 Å². The van der Waals surface area contributed by atoms with E-state index in [9.17, 15) is 13.6 Å². The zero-order valence-electron chi connectivity index (χ0n) is 15.2. The third-order valence-electron chi connectivity index (χ3n) is 7.51. The number of Topliss-reactive ketones (excluding diaryl/α,β-unsaturated/α-hetero) is 1. The van der Waals surface area contributed by atoms with Crippen molar-refractivity contribution >= 4 is 5.78 Å². The maximum absolute atomic E-state index is 14.7. The largest absolute Gasteiger partial charge is 0.318 e. The van der Waals surface area contributed by atoms with Gasteiger partial charge in [-0.25, -0.2) is 0 Å². The minimum atomic E-state index is -3.21. The highest BCUT2D eigenvalue weighted by Crippen LogP contribution is 2.59. The van der Waals surface area contributed by atoms with E-state index in [0.717, 1.165) is 37.7 Å². The number of hydrogen-bond donors (Lipinski definition) is 0. The molecule has 7 heteroatoms. The highest BCUT2D eigenvalue weighted by atomic mass is 19.3. The van der Waals surface area contributed by atoms with Crippen LogP contribution in [0.15, 0.2) is 38.9 Å². The Kier molecular flexibility index (Phi) is 3.62. The number of halogens is 2. The average Bonchev–Trinajstić information content (AvgIpc) is 3.30. The van der Waals surface area contributed by atoms with Crippen molar-refractivity contribution in [2.75, 3.05) is 0 Å². The number of carbonyl (C=O) groups is 1. The van der Waals surface area contributed by atoms with E-state index in [1.165, 1.54) is 11.6 Å². The normalized spacial score (nSPS) is 35.2. The lowest BCUT2D eigenvalue weighted by molar-refractivity contribution is -0.129. The van der Waals surface area contributed by atoms with Crippen LogP contribution in [0, 0.1) is 17.3 Å². The summed E-state index contributed by atoms with van der Waals surface area (Å²) in [4.78, 5) is 12.4. The smallest absolute Gasteiger partial charge is 0.299 e. The van der Waals surface area contributed by atoms with Crippen molar-refractivity contribution in [3.05, 3.63) is 34.9 Å². The monoisotopic (exact) mass is 372 g/mol. The molecule has 1 aromatic carbocycles. The minimum absolute atomic E-state index is 0.0683. The first-order chi connectivity index (χ1) is 12.9. The lowest BCUT2D eigenvalue weighted by atomic mass is 9.55. The molecule has 0 bridgehead atoms. The summed E-state index contributed by atoms with van der Waals surface area (Å²) in [5, 5.41) is 13.3. The second kappa shape index (κ2) is 5.72. The second-order valence-corrected chi connectivity index (χ2v) is 8.65. The molecule has 1 aromatic rings. The van der Waals surface area contributed by atoms with Gasteiger partial charge in [-0.1, -0.05) is 19.1 Å². The van der Waals surface area contributed by atoms with Crippen LogP contribution in [0.4, 0.5) is 8.78 Å². The molecular formula is C20H22F2N4O. The van der Waals surface area contributed by atoms with Crippen LogP contribution in [0.5, 0.6) is 0 Å². The first-order valence-corrected chi connectivity index (χ1v) is 9.75. The van der Waals surface area contributed by atoms with Crippen LogP contribution < -0.4 is 0 Å². The Bertz CT molecular complexity index is 856. The van der Waals surface area contributed by atoms with Gasteiger partial charge in [-0.15, -0.1) is 10.2 Å². The molecule has 2 saturated carbocycles. The number of hydrogen-bond acceptors (Lipinski definition) is 5. The van der Waals surface area contributed by atoms with Gasteiger partial charge in [0.1, 0.15) is 5.78 Å². The van der Waals surface area contributed by atoms with E-state index in [1.54, 1.807) is 6.07 Å². The van der Waals surface area contributed by atoms with E-state index < -0.39 is 12.1 Å². The number of benzene rings is 1. The quantitative estimate of drug-likeness (QED) is 0.689. The molecule has 142 valence electrons. The molecular weight excluding hydrogens is 350 g/mol. The zero-order valence-corrected chi connectivity index (χ0v) is 15.2. The summed E-state index contributed by atoms with van der Waals surface area (Å²) in [5.74, 6) is -1.47. The van der Waals surface area contributed by atoms with Gasteiger partial charge in [0, 0.05) is 17.4 Å². The summed E-state index contributed by atoms with van der Waals surface area (Å²) in [5.41, 5.74) is 1.97. The van der Waals surface area contributed by atoms with E-state index in [1.807, 2.05) is 6.07 Å². The molecule has 0 unspecified atom stereocenters. The maximum Gasteiger partial charge on any atom is 0.318 e. The molecule has 3 aliphatic carbocycles. The Morgan fingerprint density at radius 1 is 1.11 bits per heavy atom. The third-order valence-corrected chi connectivity index (χ3v) is 7.51. The lowest BCUT2D eigenvalue weighted by Gasteiger charge is -2.48. The molecule has 0 aromatic heterocycles.